The van der Waals surface area contributed by atoms with Gasteiger partial charge in [-0.05, 0) is 50.3 Å². The predicted molar refractivity (Wildman–Crippen MR) is 79.0 cm³/mol. The second kappa shape index (κ2) is 6.27. The number of rotatable bonds is 4. The van der Waals surface area contributed by atoms with Crippen molar-refractivity contribution in [2.75, 3.05) is 18.5 Å². The third kappa shape index (κ3) is 3.73. The van der Waals surface area contributed by atoms with Crippen LogP contribution in [0, 0.1) is 0 Å². The van der Waals surface area contributed by atoms with Crippen LogP contribution in [0.25, 0.3) is 0 Å². The van der Waals surface area contributed by atoms with E-state index in [1.807, 2.05) is 24.3 Å². The van der Waals surface area contributed by atoms with Crippen LogP contribution in [0.3, 0.4) is 0 Å². The van der Waals surface area contributed by atoms with Crippen LogP contribution in [-0.4, -0.2) is 31.2 Å². The van der Waals surface area contributed by atoms with Crippen molar-refractivity contribution in [1.29, 1.82) is 0 Å². The van der Waals surface area contributed by atoms with E-state index in [-0.39, 0.29) is 5.91 Å². The lowest BCUT2D eigenvalue weighted by Crippen LogP contribution is -2.25. The van der Waals surface area contributed by atoms with Gasteiger partial charge in [-0.25, -0.2) is 0 Å². The summed E-state index contributed by atoms with van der Waals surface area (Å²) in [7, 11) is 0. The van der Waals surface area contributed by atoms with E-state index in [1.165, 1.54) is 0 Å². The number of benzene rings is 1. The minimum absolute atomic E-state index is 0.0420. The lowest BCUT2D eigenvalue weighted by Gasteiger charge is -2.17. The maximum absolute atomic E-state index is 12.0. The standard InChI is InChI=1S/C16H22N2O2/c19-16(18-14-6-7-14)12-3-1-4-15(11-12)17-13-5-2-9-20-10-8-13/h1,3-4,11,13-14,17H,2,5-10H2,(H,18,19). The van der Waals surface area contributed by atoms with Crippen molar-refractivity contribution < 1.29 is 9.53 Å². The Balaban J connectivity index is 1.62. The van der Waals surface area contributed by atoms with Crippen LogP contribution in [0.2, 0.25) is 0 Å². The number of carbonyl (C=O) groups excluding carboxylic acids is 1. The normalized spacial score (nSPS) is 22.9. The Morgan fingerprint density at radius 1 is 1.10 bits per heavy atom. The summed E-state index contributed by atoms with van der Waals surface area (Å²) < 4.78 is 5.47. The molecule has 4 heteroatoms. The molecule has 1 unspecified atom stereocenters. The Hall–Kier alpha value is -1.55. The summed E-state index contributed by atoms with van der Waals surface area (Å²) in [5.74, 6) is 0.0420. The molecule has 0 bridgehead atoms. The van der Waals surface area contributed by atoms with Gasteiger partial charge in [0.15, 0.2) is 0 Å². The fraction of sp³-hybridized carbons (Fsp3) is 0.562. The van der Waals surface area contributed by atoms with Crippen molar-refractivity contribution >= 4 is 11.6 Å². The first-order chi connectivity index (χ1) is 9.81. The van der Waals surface area contributed by atoms with Crippen LogP contribution >= 0.6 is 0 Å². The van der Waals surface area contributed by atoms with Gasteiger partial charge in [0.1, 0.15) is 0 Å². The minimum Gasteiger partial charge on any atom is -0.382 e. The summed E-state index contributed by atoms with van der Waals surface area (Å²) in [5.41, 5.74) is 1.77. The highest BCUT2D eigenvalue weighted by molar-refractivity contribution is 5.95. The molecule has 1 aromatic rings. The van der Waals surface area contributed by atoms with Crippen molar-refractivity contribution in [3.8, 4) is 0 Å². The molecule has 1 saturated carbocycles. The summed E-state index contributed by atoms with van der Waals surface area (Å²) in [6, 6.07) is 8.64. The molecule has 1 aromatic carbocycles. The van der Waals surface area contributed by atoms with Crippen molar-refractivity contribution in [2.24, 2.45) is 0 Å². The average molecular weight is 274 g/mol. The Labute approximate surface area is 119 Å². The zero-order chi connectivity index (χ0) is 13.8. The lowest BCUT2D eigenvalue weighted by atomic mass is 10.1. The van der Waals surface area contributed by atoms with E-state index >= 15 is 0 Å². The summed E-state index contributed by atoms with van der Waals surface area (Å²) in [4.78, 5) is 12.0. The topological polar surface area (TPSA) is 50.4 Å². The molecular weight excluding hydrogens is 252 g/mol. The minimum atomic E-state index is 0.0420. The SMILES string of the molecule is O=C(NC1CC1)c1cccc(NC2CCCOCC2)c1. The first-order valence-electron chi connectivity index (χ1n) is 7.56. The van der Waals surface area contributed by atoms with E-state index in [4.69, 9.17) is 4.74 Å². The average Bonchev–Trinajstić information content (AvgIpc) is 3.27. The number of hydrogen-bond acceptors (Lipinski definition) is 3. The van der Waals surface area contributed by atoms with Gasteiger partial charge in [-0.1, -0.05) is 6.07 Å². The van der Waals surface area contributed by atoms with Gasteiger partial charge < -0.3 is 15.4 Å². The van der Waals surface area contributed by atoms with Gasteiger partial charge in [0, 0.05) is 36.5 Å². The molecule has 0 radical (unpaired) electrons. The van der Waals surface area contributed by atoms with Gasteiger partial charge >= 0.3 is 0 Å². The monoisotopic (exact) mass is 274 g/mol. The van der Waals surface area contributed by atoms with Crippen molar-refractivity contribution in [2.45, 2.75) is 44.2 Å². The van der Waals surface area contributed by atoms with Gasteiger partial charge in [0.2, 0.25) is 0 Å². The number of anilines is 1. The smallest absolute Gasteiger partial charge is 0.251 e. The van der Waals surface area contributed by atoms with Crippen LogP contribution in [-0.2, 0) is 4.74 Å². The van der Waals surface area contributed by atoms with Crippen LogP contribution in [0.1, 0.15) is 42.5 Å². The van der Waals surface area contributed by atoms with Crippen LogP contribution in [0.5, 0.6) is 0 Å². The molecule has 4 nitrogen and oxygen atoms in total. The van der Waals surface area contributed by atoms with E-state index in [2.05, 4.69) is 10.6 Å². The van der Waals surface area contributed by atoms with Crippen LogP contribution in [0.15, 0.2) is 24.3 Å². The van der Waals surface area contributed by atoms with Gasteiger partial charge in [-0.2, -0.15) is 0 Å². The van der Waals surface area contributed by atoms with Crippen molar-refractivity contribution in [3.05, 3.63) is 29.8 Å². The number of hydrogen-bond donors (Lipinski definition) is 2. The third-order valence-corrected chi connectivity index (χ3v) is 3.86. The second-order valence-corrected chi connectivity index (χ2v) is 5.71. The molecule has 1 aliphatic carbocycles. The summed E-state index contributed by atoms with van der Waals surface area (Å²) in [6.45, 7) is 1.68. The molecule has 3 rings (SSSR count). The highest BCUT2D eigenvalue weighted by atomic mass is 16.5. The zero-order valence-corrected chi connectivity index (χ0v) is 11.7. The van der Waals surface area contributed by atoms with Gasteiger partial charge in [-0.3, -0.25) is 4.79 Å². The number of carbonyl (C=O) groups is 1. The second-order valence-electron chi connectivity index (χ2n) is 5.71. The van der Waals surface area contributed by atoms with E-state index in [0.717, 1.165) is 56.6 Å². The molecule has 108 valence electrons. The van der Waals surface area contributed by atoms with E-state index in [0.29, 0.717) is 12.1 Å². The molecule has 0 aromatic heterocycles. The molecule has 1 saturated heterocycles. The summed E-state index contributed by atoms with van der Waals surface area (Å²) in [5, 5.41) is 6.55. The molecular formula is C16H22N2O2. The molecule has 2 N–H and O–H groups in total. The molecule has 2 aliphatic rings. The number of ether oxygens (including phenoxy) is 1. The van der Waals surface area contributed by atoms with E-state index in [1.54, 1.807) is 0 Å². The predicted octanol–water partition coefficient (Wildman–Crippen LogP) is 2.56. The van der Waals surface area contributed by atoms with Gasteiger partial charge in [0.05, 0.1) is 0 Å². The van der Waals surface area contributed by atoms with Gasteiger partial charge in [0.25, 0.3) is 5.91 Å². The molecule has 2 fully saturated rings. The molecule has 0 spiro atoms. The maximum atomic E-state index is 12.0. The highest BCUT2D eigenvalue weighted by Gasteiger charge is 2.23. The summed E-state index contributed by atoms with van der Waals surface area (Å²) >= 11 is 0. The van der Waals surface area contributed by atoms with Crippen molar-refractivity contribution in [1.82, 2.24) is 5.32 Å². The van der Waals surface area contributed by atoms with E-state index < -0.39 is 0 Å². The molecule has 1 heterocycles. The Morgan fingerprint density at radius 3 is 2.85 bits per heavy atom. The molecule has 1 aliphatic heterocycles. The molecule has 1 amide bonds. The first-order valence-corrected chi connectivity index (χ1v) is 7.56. The quantitative estimate of drug-likeness (QED) is 0.887. The zero-order valence-electron chi connectivity index (χ0n) is 11.7. The van der Waals surface area contributed by atoms with Gasteiger partial charge in [-0.15, -0.1) is 0 Å². The number of amides is 1. The van der Waals surface area contributed by atoms with Crippen molar-refractivity contribution in [3.63, 3.8) is 0 Å². The number of nitrogens with one attached hydrogen (secondary N) is 2. The Bertz CT molecular complexity index is 463. The molecule has 1 atom stereocenters. The lowest BCUT2D eigenvalue weighted by molar-refractivity contribution is 0.0951. The fourth-order valence-electron chi connectivity index (χ4n) is 2.53. The molecule has 20 heavy (non-hydrogen) atoms. The fourth-order valence-corrected chi connectivity index (χ4v) is 2.53. The summed E-state index contributed by atoms with van der Waals surface area (Å²) in [6.07, 6.45) is 5.48. The first kappa shape index (κ1) is 13.4. The largest absolute Gasteiger partial charge is 0.382 e. The Morgan fingerprint density at radius 2 is 2.00 bits per heavy atom. The Kier molecular flexibility index (Phi) is 4.21. The maximum Gasteiger partial charge on any atom is 0.251 e. The van der Waals surface area contributed by atoms with Crippen LogP contribution in [0.4, 0.5) is 5.69 Å². The van der Waals surface area contributed by atoms with E-state index in [9.17, 15) is 4.79 Å². The third-order valence-electron chi connectivity index (χ3n) is 3.86. The highest BCUT2D eigenvalue weighted by Crippen LogP contribution is 2.21. The van der Waals surface area contributed by atoms with Crippen LogP contribution < -0.4 is 10.6 Å².